The predicted octanol–water partition coefficient (Wildman–Crippen LogP) is 1.99. The first-order valence-corrected chi connectivity index (χ1v) is 7.17. The van der Waals surface area contributed by atoms with Crippen LogP contribution in [0.15, 0.2) is 42.5 Å². The second-order valence-electron chi connectivity index (χ2n) is 5.19. The molecule has 0 bridgehead atoms. The number of amides is 3. The van der Waals surface area contributed by atoms with Gasteiger partial charge in [-0.2, -0.15) is 0 Å². The number of carbonyl (C=O) groups is 3. The van der Waals surface area contributed by atoms with Gasteiger partial charge in [-0.1, -0.05) is 12.1 Å². The highest BCUT2D eigenvalue weighted by Gasteiger charge is 2.34. The molecule has 0 saturated carbocycles. The van der Waals surface area contributed by atoms with E-state index in [4.69, 9.17) is 0 Å². The second kappa shape index (κ2) is 6.19. The van der Waals surface area contributed by atoms with Gasteiger partial charge in [-0.05, 0) is 30.3 Å². The van der Waals surface area contributed by atoms with Crippen molar-refractivity contribution in [2.24, 2.45) is 0 Å². The maximum absolute atomic E-state index is 13.1. The molecule has 2 aromatic rings. The average molecular weight is 330 g/mol. The molecule has 0 aliphatic carbocycles. The lowest BCUT2D eigenvalue weighted by Crippen LogP contribution is -2.38. The highest BCUT2D eigenvalue weighted by Crippen LogP contribution is 2.21. The van der Waals surface area contributed by atoms with Crippen molar-refractivity contribution in [2.45, 2.75) is 0 Å². The number of carbonyl (C=O) groups excluding carboxylic acids is 3. The molecular weight excluding hydrogens is 318 g/mol. The summed E-state index contributed by atoms with van der Waals surface area (Å²) in [5.41, 5.74) is 0.611. The third-order valence-corrected chi connectivity index (χ3v) is 3.68. The highest BCUT2D eigenvalue weighted by atomic mass is 19.2. The summed E-state index contributed by atoms with van der Waals surface area (Å²) in [6.45, 7) is -0.00887. The molecule has 7 heteroatoms. The van der Waals surface area contributed by atoms with Gasteiger partial charge in [0.2, 0.25) is 0 Å². The standard InChI is InChI=1S/C17H12F2N2O3/c18-13-6-5-10(9-14(13)19)15(22)20-7-8-21-16(23)11-3-1-2-4-12(11)17(21)24/h1-6,9H,7-8H2,(H,20,22). The number of nitrogens with zero attached hydrogens (tertiary/aromatic N) is 1. The zero-order chi connectivity index (χ0) is 17.3. The number of nitrogens with one attached hydrogen (secondary N) is 1. The fourth-order valence-electron chi connectivity index (χ4n) is 2.46. The topological polar surface area (TPSA) is 66.5 Å². The molecule has 0 fully saturated rings. The van der Waals surface area contributed by atoms with E-state index in [1.165, 1.54) is 0 Å². The van der Waals surface area contributed by atoms with Gasteiger partial charge in [0.05, 0.1) is 11.1 Å². The van der Waals surface area contributed by atoms with Crippen molar-refractivity contribution >= 4 is 17.7 Å². The van der Waals surface area contributed by atoms with Gasteiger partial charge in [0.15, 0.2) is 11.6 Å². The quantitative estimate of drug-likeness (QED) is 0.872. The van der Waals surface area contributed by atoms with E-state index in [2.05, 4.69) is 5.32 Å². The van der Waals surface area contributed by atoms with Crippen LogP contribution in [0.3, 0.4) is 0 Å². The molecule has 2 aromatic carbocycles. The lowest BCUT2D eigenvalue weighted by Gasteiger charge is -2.14. The fraction of sp³-hybridized carbons (Fsp3) is 0.118. The largest absolute Gasteiger partial charge is 0.350 e. The van der Waals surface area contributed by atoms with Crippen LogP contribution in [0.25, 0.3) is 0 Å². The normalized spacial score (nSPS) is 13.2. The van der Waals surface area contributed by atoms with Crippen LogP contribution in [-0.4, -0.2) is 35.7 Å². The van der Waals surface area contributed by atoms with Crippen LogP contribution >= 0.6 is 0 Å². The Balaban J connectivity index is 1.61. The number of fused-ring (bicyclic) bond motifs is 1. The number of imide groups is 1. The first-order chi connectivity index (χ1) is 11.5. The van der Waals surface area contributed by atoms with Gasteiger partial charge in [0.25, 0.3) is 17.7 Å². The molecule has 1 aliphatic heterocycles. The van der Waals surface area contributed by atoms with E-state index in [-0.39, 0.29) is 18.7 Å². The van der Waals surface area contributed by atoms with E-state index in [9.17, 15) is 23.2 Å². The van der Waals surface area contributed by atoms with E-state index in [1.807, 2.05) is 0 Å². The lowest BCUT2D eigenvalue weighted by atomic mass is 10.1. The third kappa shape index (κ3) is 2.76. The molecule has 1 heterocycles. The van der Waals surface area contributed by atoms with Crippen LogP contribution < -0.4 is 5.32 Å². The van der Waals surface area contributed by atoms with E-state index < -0.39 is 29.4 Å². The Morgan fingerprint density at radius 1 is 0.958 bits per heavy atom. The number of hydrogen-bond donors (Lipinski definition) is 1. The van der Waals surface area contributed by atoms with Crippen LogP contribution in [0.4, 0.5) is 8.78 Å². The summed E-state index contributed by atoms with van der Waals surface area (Å²) < 4.78 is 26.0. The van der Waals surface area contributed by atoms with Crippen molar-refractivity contribution in [3.05, 3.63) is 70.8 Å². The summed E-state index contributed by atoms with van der Waals surface area (Å²) >= 11 is 0. The van der Waals surface area contributed by atoms with Crippen molar-refractivity contribution in [1.82, 2.24) is 10.2 Å². The first-order valence-electron chi connectivity index (χ1n) is 7.17. The van der Waals surface area contributed by atoms with Crippen molar-refractivity contribution in [1.29, 1.82) is 0 Å². The first kappa shape index (κ1) is 15.8. The van der Waals surface area contributed by atoms with Gasteiger partial charge in [-0.15, -0.1) is 0 Å². The minimum atomic E-state index is -1.12. The molecule has 3 rings (SSSR count). The van der Waals surface area contributed by atoms with Crippen molar-refractivity contribution in [3.63, 3.8) is 0 Å². The van der Waals surface area contributed by atoms with E-state index in [0.717, 1.165) is 23.1 Å². The Morgan fingerprint density at radius 3 is 2.17 bits per heavy atom. The van der Waals surface area contributed by atoms with E-state index >= 15 is 0 Å². The fourth-order valence-corrected chi connectivity index (χ4v) is 2.46. The molecule has 0 aromatic heterocycles. The van der Waals surface area contributed by atoms with Crippen LogP contribution in [0.1, 0.15) is 31.1 Å². The number of rotatable bonds is 4. The van der Waals surface area contributed by atoms with Gasteiger partial charge in [0.1, 0.15) is 0 Å². The summed E-state index contributed by atoms with van der Waals surface area (Å²) in [6, 6.07) is 9.25. The third-order valence-electron chi connectivity index (χ3n) is 3.68. The Kier molecular flexibility index (Phi) is 4.07. The summed E-state index contributed by atoms with van der Waals surface area (Å²) in [7, 11) is 0. The predicted molar refractivity (Wildman–Crippen MR) is 80.5 cm³/mol. The Labute approximate surface area is 135 Å². The molecule has 3 amide bonds. The molecule has 122 valence electrons. The summed E-state index contributed by atoms with van der Waals surface area (Å²) in [4.78, 5) is 37.2. The molecule has 0 radical (unpaired) electrons. The Hall–Kier alpha value is -3.09. The number of benzene rings is 2. The summed E-state index contributed by atoms with van der Waals surface area (Å²) in [5, 5.41) is 2.47. The van der Waals surface area contributed by atoms with Gasteiger partial charge < -0.3 is 5.32 Å². The van der Waals surface area contributed by atoms with Gasteiger partial charge in [-0.3, -0.25) is 19.3 Å². The molecule has 1 aliphatic rings. The zero-order valence-corrected chi connectivity index (χ0v) is 12.4. The maximum atomic E-state index is 13.1. The lowest BCUT2D eigenvalue weighted by molar-refractivity contribution is 0.0650. The molecule has 24 heavy (non-hydrogen) atoms. The average Bonchev–Trinajstić information content (AvgIpc) is 2.82. The molecule has 5 nitrogen and oxygen atoms in total. The number of halogens is 2. The van der Waals surface area contributed by atoms with Crippen LogP contribution in [0.2, 0.25) is 0 Å². The van der Waals surface area contributed by atoms with Crippen molar-refractivity contribution in [2.75, 3.05) is 13.1 Å². The van der Waals surface area contributed by atoms with Crippen LogP contribution in [-0.2, 0) is 0 Å². The SMILES string of the molecule is O=C(NCCN1C(=O)c2ccccc2C1=O)c1ccc(F)c(F)c1. The van der Waals surface area contributed by atoms with Gasteiger partial charge >= 0.3 is 0 Å². The van der Waals surface area contributed by atoms with Gasteiger partial charge in [0, 0.05) is 18.7 Å². The van der Waals surface area contributed by atoms with Crippen LogP contribution in [0, 0.1) is 11.6 Å². The Bertz CT molecular complexity index is 816. The molecule has 0 saturated heterocycles. The molecule has 0 unspecified atom stereocenters. The minimum absolute atomic E-state index is 0.00327. The minimum Gasteiger partial charge on any atom is -0.350 e. The maximum Gasteiger partial charge on any atom is 0.261 e. The zero-order valence-electron chi connectivity index (χ0n) is 12.4. The molecular formula is C17H12F2N2O3. The van der Waals surface area contributed by atoms with E-state index in [1.54, 1.807) is 24.3 Å². The molecule has 1 N–H and O–H groups in total. The van der Waals surface area contributed by atoms with E-state index in [0.29, 0.717) is 11.1 Å². The van der Waals surface area contributed by atoms with Gasteiger partial charge in [-0.25, -0.2) is 8.78 Å². The van der Waals surface area contributed by atoms with Crippen molar-refractivity contribution in [3.8, 4) is 0 Å². The number of hydrogen-bond acceptors (Lipinski definition) is 3. The second-order valence-corrected chi connectivity index (χ2v) is 5.19. The van der Waals surface area contributed by atoms with Crippen LogP contribution in [0.5, 0.6) is 0 Å². The summed E-state index contributed by atoms with van der Waals surface area (Å²) in [5.74, 6) is -3.62. The Morgan fingerprint density at radius 2 is 1.58 bits per heavy atom. The molecule has 0 atom stereocenters. The van der Waals surface area contributed by atoms with Crippen molar-refractivity contribution < 1.29 is 23.2 Å². The smallest absolute Gasteiger partial charge is 0.261 e. The summed E-state index contributed by atoms with van der Waals surface area (Å²) in [6.07, 6.45) is 0. The molecule has 0 spiro atoms. The highest BCUT2D eigenvalue weighted by molar-refractivity contribution is 6.21. The monoisotopic (exact) mass is 330 g/mol.